The molecule has 0 aliphatic rings. The Labute approximate surface area is 174 Å². The van der Waals surface area contributed by atoms with Crippen molar-refractivity contribution in [3.8, 4) is 22.3 Å². The van der Waals surface area contributed by atoms with Gasteiger partial charge in [0.05, 0.1) is 0 Å². The summed E-state index contributed by atoms with van der Waals surface area (Å²) in [7, 11) is 0. The highest BCUT2D eigenvalue weighted by molar-refractivity contribution is 7.85. The third kappa shape index (κ3) is 2.62. The average Bonchev–Trinajstić information content (AvgIpc) is 2.74. The van der Waals surface area contributed by atoms with Crippen molar-refractivity contribution < 1.29 is 0 Å². The second kappa shape index (κ2) is 6.84. The van der Waals surface area contributed by atoms with E-state index in [4.69, 9.17) is 0 Å². The summed E-state index contributed by atoms with van der Waals surface area (Å²) in [5.74, 6) is 6.48. The normalized spacial score (nSPS) is 10.6. The number of rotatable bonds is 0. The predicted molar refractivity (Wildman–Crippen MR) is 128 cm³/mol. The van der Waals surface area contributed by atoms with Gasteiger partial charge in [-0.3, -0.25) is 0 Å². The van der Waals surface area contributed by atoms with Gasteiger partial charge in [0.25, 0.3) is 0 Å². The maximum Gasteiger partial charge on any atom is 0.0412 e. The molecule has 0 aliphatic carbocycles. The first-order chi connectivity index (χ1) is 13.8. The summed E-state index contributed by atoms with van der Waals surface area (Å²) < 4.78 is 0. The highest BCUT2D eigenvalue weighted by Gasteiger charge is 2.14. The summed E-state index contributed by atoms with van der Waals surface area (Å²) in [6.07, 6.45) is 0. The molecule has 0 unspecified atom stereocenters. The van der Waals surface area contributed by atoms with E-state index in [0.717, 1.165) is 32.7 Å². The molecule has 0 amide bonds. The second-order valence-corrected chi connectivity index (χ2v) is 7.16. The summed E-state index contributed by atoms with van der Waals surface area (Å²) in [6, 6.07) is 25.6. The van der Waals surface area contributed by atoms with Crippen LogP contribution in [0.4, 0.5) is 0 Å². The third-order valence-electron chi connectivity index (χ3n) is 5.21. The van der Waals surface area contributed by atoms with Gasteiger partial charge in [-0.15, -0.1) is 0 Å². The molecule has 5 aromatic rings. The third-order valence-corrected chi connectivity index (χ3v) is 5.43. The molecule has 0 spiro atoms. The van der Waals surface area contributed by atoms with Crippen LogP contribution in [0.15, 0.2) is 72.8 Å². The minimum Gasteiger partial charge on any atom is -0.0918 e. The Morgan fingerprint density at radius 3 is 1.00 bits per heavy atom. The van der Waals surface area contributed by atoms with Gasteiger partial charge in [0.2, 0.25) is 0 Å². The molecule has 0 aromatic heterocycles. The zero-order valence-corrected chi connectivity index (χ0v) is 16.6. The molecule has 0 aliphatic heterocycles. The van der Waals surface area contributed by atoms with Crippen molar-refractivity contribution in [2.75, 3.05) is 0 Å². The predicted octanol–water partition coefficient (Wildman–Crippen LogP) is 6.78. The van der Waals surface area contributed by atoms with Crippen LogP contribution in [0.1, 0.15) is 11.1 Å². The summed E-state index contributed by atoms with van der Waals surface area (Å²) in [5.41, 5.74) is 1.97. The highest BCUT2D eigenvalue weighted by atomic mass is 32.1. The van der Waals surface area contributed by atoms with Gasteiger partial charge in [-0.1, -0.05) is 85.6 Å². The Morgan fingerprint density at radius 2 is 0.750 bits per heavy atom. The first-order valence-electron chi connectivity index (χ1n) is 8.91. The van der Waals surface area contributed by atoms with Gasteiger partial charge in [0.15, 0.2) is 0 Å². The van der Waals surface area contributed by atoms with Crippen LogP contribution >= 0.6 is 25.3 Å². The van der Waals surface area contributed by atoms with Crippen LogP contribution in [0.3, 0.4) is 0 Å². The van der Waals surface area contributed by atoms with E-state index in [-0.39, 0.29) is 0 Å². The zero-order valence-electron chi connectivity index (χ0n) is 14.8. The number of benzene rings is 5. The van der Waals surface area contributed by atoms with Gasteiger partial charge in [0, 0.05) is 11.1 Å². The molecule has 0 N–H and O–H groups in total. The van der Waals surface area contributed by atoms with Crippen molar-refractivity contribution in [2.45, 2.75) is 0 Å². The minimum atomic E-state index is 0.987. The molecule has 5 aromatic carbocycles. The van der Waals surface area contributed by atoms with Crippen molar-refractivity contribution in [1.29, 1.82) is 0 Å². The molecule has 130 valence electrons. The Morgan fingerprint density at radius 1 is 0.464 bits per heavy atom. The molecule has 0 saturated carbocycles. The average molecular weight is 391 g/mol. The van der Waals surface area contributed by atoms with Crippen LogP contribution in [0.25, 0.3) is 43.1 Å². The van der Waals surface area contributed by atoms with Crippen LogP contribution in [-0.2, 0) is 0 Å². The van der Waals surface area contributed by atoms with Gasteiger partial charge in [-0.2, -0.15) is 0 Å². The summed E-state index contributed by atoms with van der Waals surface area (Å²) in [6.45, 7) is 0. The number of hydrogen-bond acceptors (Lipinski definition) is 2. The first-order valence-corrected chi connectivity index (χ1v) is 9.81. The summed E-state index contributed by atoms with van der Waals surface area (Å²) in [4.78, 5) is 0. The van der Waals surface area contributed by atoms with E-state index in [1.807, 2.05) is 0 Å². The van der Waals surface area contributed by atoms with Gasteiger partial charge >= 0.3 is 0 Å². The SMILES string of the molecule is SC#Cc1c2cc3ccccc3cc2c(C#CS)c2cc3ccccc3cc12. The van der Waals surface area contributed by atoms with Crippen LogP contribution in [0, 0.1) is 22.3 Å². The molecule has 28 heavy (non-hydrogen) atoms. The van der Waals surface area contributed by atoms with Gasteiger partial charge in [-0.25, -0.2) is 0 Å². The Balaban J connectivity index is 2.11. The van der Waals surface area contributed by atoms with E-state index in [2.05, 4.69) is 120 Å². The molecule has 0 saturated heterocycles. The maximum atomic E-state index is 4.20. The van der Waals surface area contributed by atoms with Crippen LogP contribution in [0.5, 0.6) is 0 Å². The van der Waals surface area contributed by atoms with Crippen LogP contribution < -0.4 is 0 Å². The zero-order chi connectivity index (χ0) is 19.1. The molecule has 0 atom stereocenters. The van der Waals surface area contributed by atoms with Crippen molar-refractivity contribution >= 4 is 68.3 Å². The van der Waals surface area contributed by atoms with E-state index >= 15 is 0 Å². The van der Waals surface area contributed by atoms with Crippen LogP contribution in [0.2, 0.25) is 0 Å². The van der Waals surface area contributed by atoms with Gasteiger partial charge in [0.1, 0.15) is 0 Å². The maximum absolute atomic E-state index is 4.20. The highest BCUT2D eigenvalue weighted by Crippen LogP contribution is 2.37. The Hall–Kier alpha value is -3.04. The quantitative estimate of drug-likeness (QED) is 0.163. The standard InChI is InChI=1S/C26H14S2/c27-11-9-21-23-13-17-5-1-2-6-18(17)14-24(23)22(10-12-28)26-16-20-8-4-3-7-19(20)15-25(21)26/h1-8,13-16,27-28H. The fraction of sp³-hybridized carbons (Fsp3) is 0. The summed E-state index contributed by atoms with van der Waals surface area (Å²) >= 11 is 8.39. The van der Waals surface area contributed by atoms with E-state index in [0.29, 0.717) is 0 Å². The fourth-order valence-electron chi connectivity index (χ4n) is 3.98. The van der Waals surface area contributed by atoms with Crippen molar-refractivity contribution in [3.63, 3.8) is 0 Å². The van der Waals surface area contributed by atoms with E-state index in [1.54, 1.807) is 0 Å². The number of hydrogen-bond donors (Lipinski definition) is 2. The molecule has 0 heterocycles. The largest absolute Gasteiger partial charge is 0.0918 e. The Kier molecular flexibility index (Phi) is 4.18. The smallest absolute Gasteiger partial charge is 0.0412 e. The van der Waals surface area contributed by atoms with Crippen molar-refractivity contribution in [2.24, 2.45) is 0 Å². The van der Waals surface area contributed by atoms with Crippen molar-refractivity contribution in [3.05, 3.63) is 83.9 Å². The van der Waals surface area contributed by atoms with Gasteiger partial charge < -0.3 is 0 Å². The molecule has 2 heteroatoms. The number of thiol groups is 2. The molecular weight excluding hydrogens is 376 g/mol. The topological polar surface area (TPSA) is 0 Å². The lowest BCUT2D eigenvalue weighted by Crippen LogP contribution is -1.91. The first kappa shape index (κ1) is 17.1. The fourth-order valence-corrected chi connectivity index (χ4v) is 4.20. The molecule has 5 rings (SSSR count). The monoisotopic (exact) mass is 390 g/mol. The Bertz CT molecular complexity index is 1320. The summed E-state index contributed by atoms with van der Waals surface area (Å²) in [5, 5.41) is 14.7. The van der Waals surface area contributed by atoms with Gasteiger partial charge in [-0.05, 0) is 77.9 Å². The van der Waals surface area contributed by atoms with Crippen molar-refractivity contribution in [1.82, 2.24) is 0 Å². The number of fused-ring (bicyclic) bond motifs is 4. The van der Waals surface area contributed by atoms with Crippen LogP contribution in [-0.4, -0.2) is 0 Å². The molecular formula is C26H14S2. The molecule has 0 radical (unpaired) electrons. The van der Waals surface area contributed by atoms with E-state index in [1.165, 1.54) is 21.5 Å². The lowest BCUT2D eigenvalue weighted by Gasteiger charge is -2.13. The lowest BCUT2D eigenvalue weighted by atomic mass is 9.89. The van der Waals surface area contributed by atoms with E-state index < -0.39 is 0 Å². The minimum absolute atomic E-state index is 0.987. The van der Waals surface area contributed by atoms with E-state index in [9.17, 15) is 0 Å². The second-order valence-electron chi connectivity index (χ2n) is 6.71. The molecule has 0 fully saturated rings. The molecule has 0 nitrogen and oxygen atoms in total. The molecule has 0 bridgehead atoms. The lowest BCUT2D eigenvalue weighted by molar-refractivity contribution is 1.74.